The van der Waals surface area contributed by atoms with E-state index in [0.29, 0.717) is 0 Å². The third-order valence-electron chi connectivity index (χ3n) is 3.94. The Bertz CT molecular complexity index is 901. The van der Waals surface area contributed by atoms with Crippen molar-refractivity contribution in [2.45, 2.75) is 19.3 Å². The summed E-state index contributed by atoms with van der Waals surface area (Å²) in [6, 6.07) is 11.4. The van der Waals surface area contributed by atoms with E-state index in [9.17, 15) is 0 Å². The Balaban J connectivity index is 1.45. The summed E-state index contributed by atoms with van der Waals surface area (Å²) >= 11 is 0. The van der Waals surface area contributed by atoms with Gasteiger partial charge >= 0.3 is 0 Å². The first-order chi connectivity index (χ1) is 11.2. The highest BCUT2D eigenvalue weighted by Crippen LogP contribution is 2.18. The Hall–Kier alpha value is -3.02. The van der Waals surface area contributed by atoms with E-state index in [2.05, 4.69) is 19.9 Å². The topological polar surface area (TPSA) is 109 Å². The predicted molar refractivity (Wildman–Crippen MR) is 93.0 cm³/mol. The molecule has 0 aliphatic rings. The molecule has 0 unspecified atom stereocenters. The summed E-state index contributed by atoms with van der Waals surface area (Å²) in [6.07, 6.45) is 2.70. The third kappa shape index (κ3) is 2.70. The number of benzene rings is 2. The number of rotatable bonds is 4. The second-order valence-electron chi connectivity index (χ2n) is 5.77. The van der Waals surface area contributed by atoms with Gasteiger partial charge in [-0.3, -0.25) is 0 Å². The van der Waals surface area contributed by atoms with Crippen molar-refractivity contribution in [3.8, 4) is 0 Å². The van der Waals surface area contributed by atoms with Crippen LogP contribution in [0.25, 0.3) is 22.1 Å². The van der Waals surface area contributed by atoms with Crippen molar-refractivity contribution in [1.29, 1.82) is 0 Å². The molecule has 116 valence electrons. The number of H-pyrrole nitrogens is 2. The Morgan fingerprint density at radius 2 is 1.22 bits per heavy atom. The van der Waals surface area contributed by atoms with Crippen LogP contribution in [0.3, 0.4) is 0 Å². The molecule has 6 N–H and O–H groups in total. The van der Waals surface area contributed by atoms with E-state index in [4.69, 9.17) is 11.5 Å². The molecule has 0 fully saturated rings. The molecule has 0 atom stereocenters. The predicted octanol–water partition coefficient (Wildman–Crippen LogP) is 2.78. The van der Waals surface area contributed by atoms with Crippen molar-refractivity contribution in [3.63, 3.8) is 0 Å². The van der Waals surface area contributed by atoms with Crippen LogP contribution in [0.5, 0.6) is 0 Å². The number of nitrogens with two attached hydrogens (primary N) is 2. The fourth-order valence-electron chi connectivity index (χ4n) is 2.82. The van der Waals surface area contributed by atoms with Crippen LogP contribution >= 0.6 is 0 Å². The maximum atomic E-state index is 5.79. The van der Waals surface area contributed by atoms with Gasteiger partial charge in [-0.1, -0.05) is 0 Å². The minimum Gasteiger partial charge on any atom is -0.399 e. The number of aromatic nitrogens is 4. The molecule has 4 aromatic rings. The van der Waals surface area contributed by atoms with Gasteiger partial charge in [0, 0.05) is 24.2 Å². The van der Waals surface area contributed by atoms with Crippen LogP contribution in [0, 0.1) is 0 Å². The summed E-state index contributed by atoms with van der Waals surface area (Å²) in [5.41, 5.74) is 16.9. The van der Waals surface area contributed by atoms with Gasteiger partial charge in [-0.15, -0.1) is 0 Å². The van der Waals surface area contributed by atoms with Gasteiger partial charge in [-0.25, -0.2) is 9.97 Å². The number of aryl methyl sites for hydroxylation is 2. The van der Waals surface area contributed by atoms with Gasteiger partial charge in [0.2, 0.25) is 0 Å². The molecular weight excluding hydrogens is 288 g/mol. The molecule has 0 saturated carbocycles. The second-order valence-corrected chi connectivity index (χ2v) is 5.77. The molecule has 6 nitrogen and oxygen atoms in total. The number of aromatic amines is 2. The van der Waals surface area contributed by atoms with Crippen LogP contribution in [0.15, 0.2) is 36.4 Å². The largest absolute Gasteiger partial charge is 0.399 e. The summed E-state index contributed by atoms with van der Waals surface area (Å²) in [5.74, 6) is 1.96. The van der Waals surface area contributed by atoms with E-state index >= 15 is 0 Å². The molecule has 0 bridgehead atoms. The highest BCUT2D eigenvalue weighted by Gasteiger charge is 2.06. The van der Waals surface area contributed by atoms with E-state index in [1.807, 2.05) is 36.4 Å². The van der Waals surface area contributed by atoms with Crippen molar-refractivity contribution < 1.29 is 0 Å². The number of hydrogen-bond donors (Lipinski definition) is 4. The molecule has 0 amide bonds. The maximum absolute atomic E-state index is 5.79. The molecule has 0 spiro atoms. The zero-order valence-electron chi connectivity index (χ0n) is 12.6. The first-order valence-electron chi connectivity index (χ1n) is 7.65. The normalized spacial score (nSPS) is 11.5. The van der Waals surface area contributed by atoms with E-state index in [-0.39, 0.29) is 0 Å². The third-order valence-corrected chi connectivity index (χ3v) is 3.94. The lowest BCUT2D eigenvalue weighted by Gasteiger charge is -1.95. The summed E-state index contributed by atoms with van der Waals surface area (Å²) in [7, 11) is 0. The van der Waals surface area contributed by atoms with Gasteiger partial charge in [0.15, 0.2) is 0 Å². The van der Waals surface area contributed by atoms with E-state index in [1.54, 1.807) is 0 Å². The lowest BCUT2D eigenvalue weighted by molar-refractivity contribution is 0.759. The van der Waals surface area contributed by atoms with Crippen molar-refractivity contribution >= 4 is 33.4 Å². The van der Waals surface area contributed by atoms with Crippen molar-refractivity contribution in [2.75, 3.05) is 11.5 Å². The number of hydrogen-bond acceptors (Lipinski definition) is 4. The first kappa shape index (κ1) is 13.6. The number of nitrogens with one attached hydrogen (secondary N) is 2. The van der Waals surface area contributed by atoms with Crippen molar-refractivity contribution in [3.05, 3.63) is 48.0 Å². The van der Waals surface area contributed by atoms with E-state index in [1.165, 1.54) is 0 Å². The number of fused-ring (bicyclic) bond motifs is 2. The Morgan fingerprint density at radius 1 is 0.739 bits per heavy atom. The SMILES string of the molecule is Nc1ccc2nc(CCCc3nc4ccc(N)cc4[nH]3)[nH]c2c1. The Labute approximate surface area is 132 Å². The van der Waals surface area contributed by atoms with Gasteiger partial charge in [-0.2, -0.15) is 0 Å². The minimum absolute atomic E-state index is 0.745. The molecule has 23 heavy (non-hydrogen) atoms. The summed E-state index contributed by atoms with van der Waals surface area (Å²) in [6.45, 7) is 0. The van der Waals surface area contributed by atoms with E-state index in [0.717, 1.165) is 64.4 Å². The monoisotopic (exact) mass is 306 g/mol. The van der Waals surface area contributed by atoms with Crippen LogP contribution in [0.4, 0.5) is 11.4 Å². The molecule has 2 heterocycles. The average molecular weight is 306 g/mol. The summed E-state index contributed by atoms with van der Waals surface area (Å²) in [5, 5.41) is 0. The van der Waals surface area contributed by atoms with Gasteiger partial charge < -0.3 is 21.4 Å². The van der Waals surface area contributed by atoms with Crippen LogP contribution in [0.2, 0.25) is 0 Å². The molecule has 0 radical (unpaired) electrons. The smallest absolute Gasteiger partial charge is 0.107 e. The van der Waals surface area contributed by atoms with Crippen LogP contribution in [0.1, 0.15) is 18.1 Å². The highest BCUT2D eigenvalue weighted by atomic mass is 14.9. The quantitative estimate of drug-likeness (QED) is 0.434. The number of nitrogen functional groups attached to an aromatic ring is 2. The van der Waals surface area contributed by atoms with Gasteiger partial charge in [0.1, 0.15) is 11.6 Å². The zero-order chi connectivity index (χ0) is 15.8. The maximum Gasteiger partial charge on any atom is 0.107 e. The molecule has 0 aliphatic heterocycles. The number of imidazole rings is 2. The molecule has 2 aromatic carbocycles. The van der Waals surface area contributed by atoms with Crippen LogP contribution in [-0.4, -0.2) is 19.9 Å². The van der Waals surface area contributed by atoms with Gasteiger partial charge in [0.25, 0.3) is 0 Å². The highest BCUT2D eigenvalue weighted by molar-refractivity contribution is 5.79. The molecule has 6 heteroatoms. The molecule has 4 rings (SSSR count). The molecule has 0 aliphatic carbocycles. The first-order valence-corrected chi connectivity index (χ1v) is 7.65. The fraction of sp³-hybridized carbons (Fsp3) is 0.176. The van der Waals surface area contributed by atoms with Gasteiger partial charge in [-0.05, 0) is 42.8 Å². The molecule has 2 aromatic heterocycles. The lowest BCUT2D eigenvalue weighted by Crippen LogP contribution is -1.93. The summed E-state index contributed by atoms with van der Waals surface area (Å²) < 4.78 is 0. The molecule has 0 saturated heterocycles. The fourth-order valence-corrected chi connectivity index (χ4v) is 2.82. The van der Waals surface area contributed by atoms with E-state index < -0.39 is 0 Å². The molecular formula is C17H18N6. The summed E-state index contributed by atoms with van der Waals surface area (Å²) in [4.78, 5) is 15.8. The zero-order valence-corrected chi connectivity index (χ0v) is 12.6. The average Bonchev–Trinajstić information content (AvgIpc) is 3.09. The van der Waals surface area contributed by atoms with Crippen LogP contribution in [-0.2, 0) is 12.8 Å². The lowest BCUT2D eigenvalue weighted by atomic mass is 10.2. The van der Waals surface area contributed by atoms with Crippen molar-refractivity contribution in [1.82, 2.24) is 19.9 Å². The standard InChI is InChI=1S/C17H18N6/c18-10-4-6-12-14(8-10)22-16(20-12)2-1-3-17-21-13-7-5-11(19)9-15(13)23-17/h4-9H,1-3,18-19H2,(H,20,22)(H,21,23). The van der Waals surface area contributed by atoms with Crippen LogP contribution < -0.4 is 11.5 Å². The van der Waals surface area contributed by atoms with Gasteiger partial charge in [0.05, 0.1) is 22.1 Å². The van der Waals surface area contributed by atoms with Crippen molar-refractivity contribution in [2.24, 2.45) is 0 Å². The second kappa shape index (κ2) is 5.31. The Morgan fingerprint density at radius 3 is 1.70 bits per heavy atom. The Kier molecular flexibility index (Phi) is 3.15. The number of anilines is 2. The number of nitrogens with zero attached hydrogens (tertiary/aromatic N) is 2. The minimum atomic E-state index is 0.745.